The predicted molar refractivity (Wildman–Crippen MR) is 70.5 cm³/mol. The summed E-state index contributed by atoms with van der Waals surface area (Å²) in [6, 6.07) is 8.21. The number of rotatable bonds is 1. The fourth-order valence-electron chi connectivity index (χ4n) is 2.57. The number of para-hydroxylation sites is 1. The van der Waals surface area contributed by atoms with Crippen LogP contribution in [0.5, 0.6) is 0 Å². The highest BCUT2D eigenvalue weighted by Crippen LogP contribution is 2.31. The van der Waals surface area contributed by atoms with Gasteiger partial charge in [-0.05, 0) is 25.0 Å². The van der Waals surface area contributed by atoms with Crippen molar-refractivity contribution in [2.24, 2.45) is 0 Å². The van der Waals surface area contributed by atoms with E-state index in [1.807, 2.05) is 12.1 Å². The van der Waals surface area contributed by atoms with Crippen molar-refractivity contribution in [1.29, 1.82) is 0 Å². The van der Waals surface area contributed by atoms with Crippen LogP contribution in [0, 0.1) is 0 Å². The number of aromatic nitrogens is 4. The summed E-state index contributed by atoms with van der Waals surface area (Å²) >= 11 is 0. The van der Waals surface area contributed by atoms with Crippen LogP contribution in [0.3, 0.4) is 0 Å². The molecule has 0 saturated heterocycles. The number of nitrogens with zero attached hydrogens (tertiary/aromatic N) is 2. The Kier molecular flexibility index (Phi) is 1.94. The molecule has 3 heterocycles. The third-order valence-electron chi connectivity index (χ3n) is 3.46. The van der Waals surface area contributed by atoms with Crippen LogP contribution in [0.1, 0.15) is 12.1 Å². The molecule has 0 fully saturated rings. The summed E-state index contributed by atoms with van der Waals surface area (Å²) in [6.45, 7) is 1.05. The topological polar surface area (TPSA) is 69.4 Å². The quantitative estimate of drug-likeness (QED) is 0.610. The Labute approximate surface area is 104 Å². The van der Waals surface area contributed by atoms with E-state index in [1.54, 1.807) is 0 Å². The minimum atomic E-state index is 0.896. The van der Waals surface area contributed by atoms with Crippen molar-refractivity contribution in [3.63, 3.8) is 0 Å². The van der Waals surface area contributed by atoms with E-state index in [2.05, 4.69) is 37.8 Å². The Morgan fingerprint density at radius 3 is 3.11 bits per heavy atom. The lowest BCUT2D eigenvalue weighted by Gasteiger charge is -2.12. The molecule has 90 valence electrons. The van der Waals surface area contributed by atoms with Gasteiger partial charge in [-0.15, -0.1) is 0 Å². The summed E-state index contributed by atoms with van der Waals surface area (Å²) in [6.07, 6.45) is 2.29. The van der Waals surface area contributed by atoms with Crippen LogP contribution in [0.15, 0.2) is 24.3 Å². The summed E-state index contributed by atoms with van der Waals surface area (Å²) in [7, 11) is 0. The fraction of sp³-hybridized carbons (Fsp3) is 0.231. The number of fused-ring (bicyclic) bond motifs is 2. The minimum absolute atomic E-state index is 0.896. The van der Waals surface area contributed by atoms with Gasteiger partial charge in [0.15, 0.2) is 0 Å². The highest BCUT2D eigenvalue weighted by Gasteiger charge is 2.15. The molecule has 0 unspecified atom stereocenters. The SMILES string of the molecule is c1cc(-c2cc3c([nH]2)CCCN3)c2n[nH]nc2c1. The maximum Gasteiger partial charge on any atom is 0.122 e. The van der Waals surface area contributed by atoms with E-state index in [4.69, 9.17) is 0 Å². The second-order valence-corrected chi connectivity index (χ2v) is 4.60. The van der Waals surface area contributed by atoms with Crippen molar-refractivity contribution in [1.82, 2.24) is 20.4 Å². The van der Waals surface area contributed by atoms with Crippen molar-refractivity contribution in [2.75, 3.05) is 11.9 Å². The van der Waals surface area contributed by atoms with Crippen molar-refractivity contribution in [3.05, 3.63) is 30.0 Å². The van der Waals surface area contributed by atoms with Gasteiger partial charge in [-0.25, -0.2) is 0 Å². The molecule has 3 aromatic rings. The predicted octanol–water partition coefficient (Wildman–Crippen LogP) is 2.31. The molecule has 0 radical (unpaired) electrons. The molecule has 1 aliphatic heterocycles. The van der Waals surface area contributed by atoms with Crippen LogP contribution in [-0.4, -0.2) is 26.9 Å². The third-order valence-corrected chi connectivity index (χ3v) is 3.46. The van der Waals surface area contributed by atoms with E-state index in [1.165, 1.54) is 17.8 Å². The molecular weight excluding hydrogens is 226 g/mol. The van der Waals surface area contributed by atoms with Gasteiger partial charge in [-0.3, -0.25) is 0 Å². The first kappa shape index (κ1) is 9.70. The Hall–Kier alpha value is -2.30. The summed E-state index contributed by atoms with van der Waals surface area (Å²) in [5.74, 6) is 0. The Bertz CT molecular complexity index is 686. The lowest BCUT2D eigenvalue weighted by atomic mass is 10.1. The molecule has 2 aromatic heterocycles. The zero-order valence-corrected chi connectivity index (χ0v) is 9.83. The number of anilines is 1. The molecule has 1 aliphatic rings. The second-order valence-electron chi connectivity index (χ2n) is 4.60. The highest BCUT2D eigenvalue weighted by molar-refractivity contribution is 5.91. The van der Waals surface area contributed by atoms with E-state index in [9.17, 15) is 0 Å². The lowest BCUT2D eigenvalue weighted by Crippen LogP contribution is -2.09. The van der Waals surface area contributed by atoms with Crippen molar-refractivity contribution < 1.29 is 0 Å². The van der Waals surface area contributed by atoms with Gasteiger partial charge < -0.3 is 10.3 Å². The van der Waals surface area contributed by atoms with Gasteiger partial charge in [-0.1, -0.05) is 12.1 Å². The maximum atomic E-state index is 4.22. The lowest BCUT2D eigenvalue weighted by molar-refractivity contribution is 0.812. The van der Waals surface area contributed by atoms with Crippen LogP contribution in [0.25, 0.3) is 22.3 Å². The Morgan fingerprint density at radius 1 is 1.17 bits per heavy atom. The Morgan fingerprint density at radius 2 is 2.17 bits per heavy atom. The van der Waals surface area contributed by atoms with Gasteiger partial charge >= 0.3 is 0 Å². The number of aryl methyl sites for hydroxylation is 1. The molecule has 5 nitrogen and oxygen atoms in total. The second kappa shape index (κ2) is 3.60. The van der Waals surface area contributed by atoms with Gasteiger partial charge in [0, 0.05) is 17.8 Å². The van der Waals surface area contributed by atoms with Gasteiger partial charge in [0.25, 0.3) is 0 Å². The van der Waals surface area contributed by atoms with E-state index in [-0.39, 0.29) is 0 Å². The molecule has 18 heavy (non-hydrogen) atoms. The average molecular weight is 239 g/mol. The van der Waals surface area contributed by atoms with E-state index < -0.39 is 0 Å². The van der Waals surface area contributed by atoms with E-state index in [0.717, 1.165) is 35.3 Å². The zero-order valence-electron chi connectivity index (χ0n) is 9.83. The standard InChI is InChI=1S/C13H13N5/c1-3-8(13-10(4-1)16-18-17-13)11-7-12-9(15-11)5-2-6-14-12/h1,3-4,7,14-15H,2,5-6H2,(H,16,17,18). The van der Waals surface area contributed by atoms with E-state index >= 15 is 0 Å². The first-order chi connectivity index (χ1) is 8.92. The van der Waals surface area contributed by atoms with Gasteiger partial charge in [-0.2, -0.15) is 15.4 Å². The molecule has 1 aromatic carbocycles. The molecule has 0 saturated carbocycles. The molecule has 0 bridgehead atoms. The van der Waals surface area contributed by atoms with Crippen molar-refractivity contribution >= 4 is 16.7 Å². The van der Waals surface area contributed by atoms with Crippen molar-refractivity contribution in [2.45, 2.75) is 12.8 Å². The van der Waals surface area contributed by atoms with Crippen LogP contribution in [-0.2, 0) is 6.42 Å². The summed E-state index contributed by atoms with van der Waals surface area (Å²) in [5.41, 5.74) is 6.52. The number of nitrogens with one attached hydrogen (secondary N) is 3. The monoisotopic (exact) mass is 239 g/mol. The molecule has 5 heteroatoms. The first-order valence-corrected chi connectivity index (χ1v) is 6.17. The van der Waals surface area contributed by atoms with Crippen LogP contribution in [0.4, 0.5) is 5.69 Å². The van der Waals surface area contributed by atoms with Gasteiger partial charge in [0.2, 0.25) is 0 Å². The molecule has 0 spiro atoms. The summed E-state index contributed by atoms with van der Waals surface area (Å²) in [5, 5.41) is 14.4. The first-order valence-electron chi connectivity index (χ1n) is 6.17. The molecular formula is C13H13N5. The summed E-state index contributed by atoms with van der Waals surface area (Å²) in [4.78, 5) is 3.49. The average Bonchev–Trinajstić information content (AvgIpc) is 3.04. The van der Waals surface area contributed by atoms with Crippen LogP contribution >= 0.6 is 0 Å². The highest BCUT2D eigenvalue weighted by atomic mass is 15.3. The van der Waals surface area contributed by atoms with Crippen LogP contribution in [0.2, 0.25) is 0 Å². The molecule has 0 atom stereocenters. The zero-order chi connectivity index (χ0) is 11.9. The van der Waals surface area contributed by atoms with Gasteiger partial charge in [0.1, 0.15) is 11.0 Å². The molecule has 3 N–H and O–H groups in total. The Balaban J connectivity index is 1.91. The smallest absolute Gasteiger partial charge is 0.122 e. The van der Waals surface area contributed by atoms with Gasteiger partial charge in [0.05, 0.1) is 11.4 Å². The minimum Gasteiger partial charge on any atom is -0.384 e. The number of H-pyrrole nitrogens is 2. The van der Waals surface area contributed by atoms with Crippen molar-refractivity contribution in [3.8, 4) is 11.3 Å². The maximum absolute atomic E-state index is 4.22. The summed E-state index contributed by atoms with van der Waals surface area (Å²) < 4.78 is 0. The molecule has 4 rings (SSSR count). The number of hydrogen-bond donors (Lipinski definition) is 3. The largest absolute Gasteiger partial charge is 0.384 e. The van der Waals surface area contributed by atoms with Crippen LogP contribution < -0.4 is 5.32 Å². The molecule has 0 aliphatic carbocycles. The number of aromatic amines is 2. The molecule has 0 amide bonds. The number of benzene rings is 1. The normalized spacial score (nSPS) is 14.4. The fourth-order valence-corrected chi connectivity index (χ4v) is 2.57. The third kappa shape index (κ3) is 1.33. The van der Waals surface area contributed by atoms with E-state index in [0.29, 0.717) is 0 Å². The number of hydrogen-bond acceptors (Lipinski definition) is 3.